The van der Waals surface area contributed by atoms with Crippen LogP contribution in [0.3, 0.4) is 0 Å². The van der Waals surface area contributed by atoms with Gasteiger partial charge in [0.1, 0.15) is 41.7 Å². The number of hydrogen-bond acceptors (Lipinski definition) is 15. The number of nitrogens with zero attached hydrogens (tertiary/aromatic N) is 1. The summed E-state index contributed by atoms with van der Waals surface area (Å²) in [6.07, 6.45) is 0.555. The Morgan fingerprint density at radius 2 is 1.13 bits per heavy atom. The molecule has 0 bridgehead atoms. The number of amides is 8. The standard InChI is InChI=1S/C47H65ClN12O11/c1-27(61)42(47(71)54-25-41(66)56-36(43(51)67)21-29-8-15-33(62)16-9-29)59-45(69)35(5-3-4-20-49)55-40(65)24-53-44(68)37(22-30-10-17-34(63)18-11-30)58-46(70)38(23-32(50)26-60(2)52)57-39(64)19-12-28-6-13-31(48)14-7-28/h6-11,13-18,26-27,35-38,42,61-63H,3-5,12,19-25,49-50,52H2,1-2H3,(H2,51,67)(H,53,68)(H,54,71)(H,55,65)(H,56,66)(H,57,64)(H,58,70)(H,59,69)/b32-26-/t27?,35-,36+,37-,38+,42?/m0/s1. The van der Waals surface area contributed by atoms with Gasteiger partial charge in [-0.25, -0.2) is 5.84 Å². The van der Waals surface area contributed by atoms with Crippen molar-refractivity contribution in [2.24, 2.45) is 23.0 Å². The molecule has 71 heavy (non-hydrogen) atoms. The highest BCUT2D eigenvalue weighted by Crippen LogP contribution is 2.15. The van der Waals surface area contributed by atoms with E-state index in [0.29, 0.717) is 35.4 Å². The minimum Gasteiger partial charge on any atom is -0.508 e. The molecule has 0 aliphatic heterocycles. The number of primary amides is 1. The molecule has 18 N–H and O–H groups in total. The van der Waals surface area contributed by atoms with Crippen LogP contribution < -0.4 is 60.3 Å². The Morgan fingerprint density at radius 1 is 0.634 bits per heavy atom. The number of nitrogens with two attached hydrogens (primary N) is 4. The first-order chi connectivity index (χ1) is 33.6. The van der Waals surface area contributed by atoms with E-state index in [1.165, 1.54) is 68.7 Å². The minimum atomic E-state index is -1.63. The van der Waals surface area contributed by atoms with Crippen molar-refractivity contribution < 1.29 is 53.7 Å². The van der Waals surface area contributed by atoms with Crippen LogP contribution in [0.1, 0.15) is 55.7 Å². The predicted octanol–water partition coefficient (Wildman–Crippen LogP) is -2.18. The van der Waals surface area contributed by atoms with E-state index < -0.39 is 96.7 Å². The summed E-state index contributed by atoms with van der Waals surface area (Å²) < 4.78 is 0. The fraction of sp³-hybridized carbons (Fsp3) is 0.404. The average molecular weight is 1010 g/mol. The van der Waals surface area contributed by atoms with Gasteiger partial charge in [0.05, 0.1) is 19.2 Å². The molecule has 0 radical (unpaired) electrons. The van der Waals surface area contributed by atoms with Gasteiger partial charge in [0.15, 0.2) is 0 Å². The first-order valence-corrected chi connectivity index (χ1v) is 23.0. The second-order valence-electron chi connectivity index (χ2n) is 16.7. The van der Waals surface area contributed by atoms with Crippen LogP contribution in [0.2, 0.25) is 5.02 Å². The Balaban J connectivity index is 1.71. The molecule has 23 nitrogen and oxygen atoms in total. The van der Waals surface area contributed by atoms with E-state index in [1.54, 1.807) is 24.3 Å². The van der Waals surface area contributed by atoms with Crippen LogP contribution in [-0.2, 0) is 57.6 Å². The molecule has 0 heterocycles. The molecule has 2 unspecified atom stereocenters. The topological polar surface area (TPSA) is 389 Å². The first kappa shape index (κ1) is 57.8. The summed E-state index contributed by atoms with van der Waals surface area (Å²) in [5.41, 5.74) is 19.3. The second-order valence-corrected chi connectivity index (χ2v) is 17.1. The lowest BCUT2D eigenvalue weighted by atomic mass is 10.0. The van der Waals surface area contributed by atoms with Gasteiger partial charge in [-0.15, -0.1) is 0 Å². The Hall–Kier alpha value is -7.47. The molecule has 0 spiro atoms. The number of carbonyl (C=O) groups excluding carboxylic acids is 8. The van der Waals surface area contributed by atoms with Crippen molar-refractivity contribution in [3.8, 4) is 11.5 Å². The van der Waals surface area contributed by atoms with E-state index in [0.717, 1.165) is 10.6 Å². The molecule has 0 saturated carbocycles. The van der Waals surface area contributed by atoms with Crippen molar-refractivity contribution in [3.63, 3.8) is 0 Å². The van der Waals surface area contributed by atoms with Gasteiger partial charge >= 0.3 is 0 Å². The number of hydrogen-bond donors (Lipinski definition) is 14. The molecule has 0 aliphatic rings. The van der Waals surface area contributed by atoms with E-state index in [2.05, 4.69) is 37.2 Å². The van der Waals surface area contributed by atoms with Gasteiger partial charge in [-0.05, 0) is 92.2 Å². The van der Waals surface area contributed by atoms with E-state index in [1.807, 2.05) is 0 Å². The van der Waals surface area contributed by atoms with Crippen molar-refractivity contribution in [3.05, 3.63) is 106 Å². The number of hydrazine groups is 1. The third kappa shape index (κ3) is 21.8. The molecule has 6 atom stereocenters. The molecule has 3 rings (SSSR count). The number of benzene rings is 3. The van der Waals surface area contributed by atoms with Crippen LogP contribution in [0.25, 0.3) is 0 Å². The number of aromatic hydroxyl groups is 2. The van der Waals surface area contributed by atoms with Crippen molar-refractivity contribution in [2.45, 2.75) is 94.6 Å². The summed E-state index contributed by atoms with van der Waals surface area (Å²) in [7, 11) is 1.50. The Bertz CT molecular complexity index is 2300. The van der Waals surface area contributed by atoms with Gasteiger partial charge in [0.2, 0.25) is 47.3 Å². The molecular formula is C47H65ClN12O11. The number of aliphatic hydroxyl groups is 1. The van der Waals surface area contributed by atoms with Crippen molar-refractivity contribution >= 4 is 58.9 Å². The highest BCUT2D eigenvalue weighted by atomic mass is 35.5. The van der Waals surface area contributed by atoms with Gasteiger partial charge in [0, 0.05) is 49.7 Å². The van der Waals surface area contributed by atoms with E-state index >= 15 is 0 Å². The van der Waals surface area contributed by atoms with E-state index in [4.69, 9.17) is 34.6 Å². The van der Waals surface area contributed by atoms with Gasteiger partial charge in [-0.3, -0.25) is 38.4 Å². The average Bonchev–Trinajstić information content (AvgIpc) is 3.31. The quantitative estimate of drug-likeness (QED) is 0.0200. The van der Waals surface area contributed by atoms with E-state index in [-0.39, 0.29) is 55.8 Å². The molecule has 8 amide bonds. The maximum absolute atomic E-state index is 13.9. The third-order valence-corrected chi connectivity index (χ3v) is 10.8. The van der Waals surface area contributed by atoms with Crippen LogP contribution in [-0.4, -0.2) is 131 Å². The molecule has 0 fully saturated rings. The lowest BCUT2D eigenvalue weighted by Crippen LogP contribution is -2.59. The zero-order valence-electron chi connectivity index (χ0n) is 39.5. The monoisotopic (exact) mass is 1010 g/mol. The molecule has 0 aromatic heterocycles. The second kappa shape index (κ2) is 29.5. The van der Waals surface area contributed by atoms with Gasteiger partial charge in [-0.2, -0.15) is 0 Å². The number of nitrogens with one attached hydrogen (secondary N) is 7. The van der Waals surface area contributed by atoms with Crippen molar-refractivity contribution in [1.29, 1.82) is 0 Å². The SMILES string of the molecule is CC(O)C(NC(=O)[C@H](CCCCN)NC(=O)CNC(=O)[C@H](Cc1ccc(O)cc1)NC(=O)[C@@H](C/C(N)=C/N(C)N)NC(=O)CCc1ccc(Cl)cc1)C(=O)NCC(=O)N[C@H](Cc1ccc(O)cc1)C(N)=O. The number of aliphatic hydroxyl groups excluding tert-OH is 1. The first-order valence-electron chi connectivity index (χ1n) is 22.6. The summed E-state index contributed by atoms with van der Waals surface area (Å²) in [4.78, 5) is 106. The number of phenolic OH excluding ortho intramolecular Hbond substituents is 2. The maximum atomic E-state index is 13.9. The number of rotatable bonds is 29. The molecule has 3 aromatic carbocycles. The predicted molar refractivity (Wildman–Crippen MR) is 262 cm³/mol. The van der Waals surface area contributed by atoms with Crippen LogP contribution in [0.5, 0.6) is 11.5 Å². The Kier molecular flexibility index (Phi) is 24.1. The molecular weight excluding hydrogens is 944 g/mol. The largest absolute Gasteiger partial charge is 0.508 e. The lowest BCUT2D eigenvalue weighted by molar-refractivity contribution is -0.135. The fourth-order valence-corrected chi connectivity index (χ4v) is 6.98. The zero-order valence-corrected chi connectivity index (χ0v) is 40.2. The molecule has 3 aromatic rings. The number of aryl methyl sites for hydroxylation is 1. The van der Waals surface area contributed by atoms with Crippen LogP contribution in [0.15, 0.2) is 84.7 Å². The normalized spacial score (nSPS) is 13.7. The summed E-state index contributed by atoms with van der Waals surface area (Å²) in [5, 5.41) is 48.9. The smallest absolute Gasteiger partial charge is 0.245 e. The van der Waals surface area contributed by atoms with Gasteiger partial charge in [-0.1, -0.05) is 48.0 Å². The highest BCUT2D eigenvalue weighted by Gasteiger charge is 2.32. The fourth-order valence-electron chi connectivity index (χ4n) is 6.85. The van der Waals surface area contributed by atoms with Crippen LogP contribution >= 0.6 is 11.6 Å². The molecule has 386 valence electrons. The summed E-state index contributed by atoms with van der Waals surface area (Å²) in [6.45, 7) is 0.0675. The third-order valence-electron chi connectivity index (χ3n) is 10.6. The van der Waals surface area contributed by atoms with Crippen molar-refractivity contribution in [2.75, 3.05) is 26.7 Å². The van der Waals surface area contributed by atoms with Crippen LogP contribution in [0.4, 0.5) is 0 Å². The maximum Gasteiger partial charge on any atom is 0.245 e. The summed E-state index contributed by atoms with van der Waals surface area (Å²) in [6, 6.07) is 11.7. The number of phenols is 2. The number of unbranched alkanes of at least 4 members (excludes halogenated alkanes) is 1. The lowest BCUT2D eigenvalue weighted by Gasteiger charge is -2.25. The zero-order chi connectivity index (χ0) is 52.6. The van der Waals surface area contributed by atoms with Gasteiger partial charge < -0.3 is 74.7 Å². The molecule has 24 heteroatoms. The minimum absolute atomic E-state index is 0.00769. The Labute approximate surface area is 415 Å². The highest BCUT2D eigenvalue weighted by molar-refractivity contribution is 6.30. The summed E-state index contributed by atoms with van der Waals surface area (Å²) >= 11 is 5.98. The number of carbonyl (C=O) groups is 8. The molecule has 0 aliphatic carbocycles. The Morgan fingerprint density at radius 3 is 1.65 bits per heavy atom. The number of halogens is 1. The van der Waals surface area contributed by atoms with Crippen molar-refractivity contribution in [1.82, 2.24) is 42.2 Å². The van der Waals surface area contributed by atoms with Gasteiger partial charge in [0.25, 0.3) is 0 Å². The van der Waals surface area contributed by atoms with Crippen LogP contribution in [0, 0.1) is 0 Å². The summed E-state index contributed by atoms with van der Waals surface area (Å²) in [5.74, 6) is -0.930. The van der Waals surface area contributed by atoms with E-state index in [9.17, 15) is 53.7 Å². The molecule has 0 saturated heterocycles.